The SMILES string of the molecule is CC(C(=O)O)N(C)c1nccn2nc(C(C)(C)C)cc12. The van der Waals surface area contributed by atoms with Crippen LogP contribution in [-0.4, -0.2) is 38.8 Å². The van der Waals surface area contributed by atoms with Crippen molar-refractivity contribution in [3.63, 3.8) is 0 Å². The number of carbonyl (C=O) groups is 1. The molecule has 0 fully saturated rings. The molecule has 2 aromatic rings. The molecule has 6 nitrogen and oxygen atoms in total. The van der Waals surface area contributed by atoms with E-state index in [1.165, 1.54) is 0 Å². The monoisotopic (exact) mass is 276 g/mol. The molecule has 0 aromatic carbocycles. The summed E-state index contributed by atoms with van der Waals surface area (Å²) < 4.78 is 1.74. The standard InChI is InChI=1S/C14H20N4O2/c1-9(13(19)20)17(5)12-10-8-11(14(2,3)4)16-18(10)7-6-15-12/h6-9H,1-5H3,(H,19,20). The molecule has 0 saturated carbocycles. The van der Waals surface area contributed by atoms with E-state index in [0.717, 1.165) is 11.2 Å². The first-order valence-corrected chi connectivity index (χ1v) is 6.52. The molecule has 0 aliphatic rings. The third kappa shape index (κ3) is 2.45. The summed E-state index contributed by atoms with van der Waals surface area (Å²) in [5, 5.41) is 13.7. The van der Waals surface area contributed by atoms with Crippen LogP contribution in [-0.2, 0) is 10.2 Å². The van der Waals surface area contributed by atoms with Crippen molar-refractivity contribution in [1.29, 1.82) is 0 Å². The summed E-state index contributed by atoms with van der Waals surface area (Å²) in [6.07, 6.45) is 3.40. The van der Waals surface area contributed by atoms with Crippen molar-refractivity contribution in [2.24, 2.45) is 0 Å². The minimum Gasteiger partial charge on any atom is -0.480 e. The molecule has 2 heterocycles. The molecule has 2 rings (SSSR count). The van der Waals surface area contributed by atoms with E-state index in [1.807, 2.05) is 6.07 Å². The zero-order valence-electron chi connectivity index (χ0n) is 12.5. The lowest BCUT2D eigenvalue weighted by atomic mass is 9.92. The molecule has 0 saturated heterocycles. The Hall–Kier alpha value is -2.11. The number of nitrogens with zero attached hydrogens (tertiary/aromatic N) is 4. The topological polar surface area (TPSA) is 70.7 Å². The van der Waals surface area contributed by atoms with E-state index in [2.05, 4.69) is 30.9 Å². The average molecular weight is 276 g/mol. The number of rotatable bonds is 3. The number of carboxylic acids is 1. The Labute approximate surface area is 118 Å². The highest BCUT2D eigenvalue weighted by Crippen LogP contribution is 2.26. The van der Waals surface area contributed by atoms with E-state index < -0.39 is 12.0 Å². The molecule has 0 radical (unpaired) electrons. The van der Waals surface area contributed by atoms with Gasteiger partial charge in [0.1, 0.15) is 11.6 Å². The molecular formula is C14H20N4O2. The van der Waals surface area contributed by atoms with Crippen LogP contribution >= 0.6 is 0 Å². The molecule has 0 aliphatic carbocycles. The number of hydrogen-bond acceptors (Lipinski definition) is 4. The Morgan fingerprint density at radius 1 is 1.45 bits per heavy atom. The first-order valence-electron chi connectivity index (χ1n) is 6.52. The van der Waals surface area contributed by atoms with Crippen molar-refractivity contribution in [3.05, 3.63) is 24.2 Å². The number of hydrogen-bond donors (Lipinski definition) is 1. The van der Waals surface area contributed by atoms with E-state index >= 15 is 0 Å². The van der Waals surface area contributed by atoms with Crippen LogP contribution < -0.4 is 4.90 Å². The second-order valence-corrected chi connectivity index (χ2v) is 5.99. The van der Waals surface area contributed by atoms with Crippen molar-refractivity contribution in [2.45, 2.75) is 39.2 Å². The third-order valence-corrected chi connectivity index (χ3v) is 3.41. The van der Waals surface area contributed by atoms with Crippen LogP contribution in [0.3, 0.4) is 0 Å². The second kappa shape index (κ2) is 4.77. The zero-order valence-corrected chi connectivity index (χ0v) is 12.5. The fourth-order valence-corrected chi connectivity index (χ4v) is 1.90. The predicted molar refractivity (Wildman–Crippen MR) is 77.2 cm³/mol. The van der Waals surface area contributed by atoms with Crippen molar-refractivity contribution in [1.82, 2.24) is 14.6 Å². The quantitative estimate of drug-likeness (QED) is 0.927. The van der Waals surface area contributed by atoms with Gasteiger partial charge in [0.2, 0.25) is 0 Å². The molecule has 108 valence electrons. The van der Waals surface area contributed by atoms with Crippen LogP contribution in [0.5, 0.6) is 0 Å². The molecular weight excluding hydrogens is 256 g/mol. The van der Waals surface area contributed by atoms with Gasteiger partial charge in [0.15, 0.2) is 5.82 Å². The van der Waals surface area contributed by atoms with Crippen LogP contribution in [0.2, 0.25) is 0 Å². The van der Waals surface area contributed by atoms with E-state index in [1.54, 1.807) is 35.8 Å². The molecule has 0 aliphatic heterocycles. The number of aromatic nitrogens is 3. The summed E-state index contributed by atoms with van der Waals surface area (Å²) >= 11 is 0. The summed E-state index contributed by atoms with van der Waals surface area (Å²) in [5.41, 5.74) is 1.69. The van der Waals surface area contributed by atoms with Gasteiger partial charge in [-0.05, 0) is 13.0 Å². The van der Waals surface area contributed by atoms with Crippen molar-refractivity contribution >= 4 is 17.3 Å². The Morgan fingerprint density at radius 2 is 2.10 bits per heavy atom. The summed E-state index contributed by atoms with van der Waals surface area (Å²) in [6.45, 7) is 7.90. The fraction of sp³-hybridized carbons (Fsp3) is 0.500. The lowest BCUT2D eigenvalue weighted by Gasteiger charge is -2.22. The predicted octanol–water partition coefficient (Wildman–Crippen LogP) is 1.94. The number of likely N-dealkylation sites (N-methyl/N-ethyl adjacent to an activating group) is 1. The van der Waals surface area contributed by atoms with Gasteiger partial charge in [0, 0.05) is 24.9 Å². The molecule has 20 heavy (non-hydrogen) atoms. The molecule has 2 aromatic heterocycles. The van der Waals surface area contributed by atoms with E-state index in [4.69, 9.17) is 5.11 Å². The highest BCUT2D eigenvalue weighted by atomic mass is 16.4. The van der Waals surface area contributed by atoms with Crippen molar-refractivity contribution < 1.29 is 9.90 Å². The van der Waals surface area contributed by atoms with Crippen molar-refractivity contribution in [2.75, 3.05) is 11.9 Å². The van der Waals surface area contributed by atoms with Gasteiger partial charge in [-0.15, -0.1) is 0 Å². The van der Waals surface area contributed by atoms with Gasteiger partial charge in [-0.2, -0.15) is 5.10 Å². The fourth-order valence-electron chi connectivity index (χ4n) is 1.90. The van der Waals surface area contributed by atoms with E-state index in [0.29, 0.717) is 5.82 Å². The second-order valence-electron chi connectivity index (χ2n) is 5.99. The van der Waals surface area contributed by atoms with Crippen LogP contribution in [0, 0.1) is 0 Å². The van der Waals surface area contributed by atoms with Gasteiger partial charge in [-0.1, -0.05) is 20.8 Å². The average Bonchev–Trinajstić information content (AvgIpc) is 2.80. The van der Waals surface area contributed by atoms with Crippen LogP contribution in [0.25, 0.3) is 5.52 Å². The normalized spacial score (nSPS) is 13.4. The highest BCUT2D eigenvalue weighted by Gasteiger charge is 2.23. The Kier molecular flexibility index (Phi) is 3.41. The molecule has 0 spiro atoms. The first kappa shape index (κ1) is 14.3. The van der Waals surface area contributed by atoms with Crippen LogP contribution in [0.4, 0.5) is 5.82 Å². The lowest BCUT2D eigenvalue weighted by molar-refractivity contribution is -0.138. The van der Waals surface area contributed by atoms with Crippen molar-refractivity contribution in [3.8, 4) is 0 Å². The minimum atomic E-state index is -0.883. The number of anilines is 1. The molecule has 6 heteroatoms. The van der Waals surface area contributed by atoms with Gasteiger partial charge in [-0.25, -0.2) is 14.3 Å². The Morgan fingerprint density at radius 3 is 2.65 bits per heavy atom. The van der Waals surface area contributed by atoms with Crippen LogP contribution in [0.15, 0.2) is 18.5 Å². The summed E-state index contributed by atoms with van der Waals surface area (Å²) in [4.78, 5) is 17.1. The summed E-state index contributed by atoms with van der Waals surface area (Å²) in [6, 6.07) is 1.31. The number of fused-ring (bicyclic) bond motifs is 1. The number of aliphatic carboxylic acids is 1. The van der Waals surface area contributed by atoms with Gasteiger partial charge >= 0.3 is 5.97 Å². The molecule has 1 N–H and O–H groups in total. The number of carboxylic acid groups (broad SMARTS) is 1. The first-order chi connectivity index (χ1) is 9.21. The lowest BCUT2D eigenvalue weighted by Crippen LogP contribution is -2.36. The Balaban J connectivity index is 2.55. The van der Waals surface area contributed by atoms with Gasteiger partial charge in [0.25, 0.3) is 0 Å². The van der Waals surface area contributed by atoms with Gasteiger partial charge in [0.05, 0.1) is 5.69 Å². The van der Waals surface area contributed by atoms with Gasteiger partial charge in [-0.3, -0.25) is 0 Å². The smallest absolute Gasteiger partial charge is 0.326 e. The maximum Gasteiger partial charge on any atom is 0.326 e. The largest absolute Gasteiger partial charge is 0.480 e. The van der Waals surface area contributed by atoms with Crippen LogP contribution in [0.1, 0.15) is 33.4 Å². The van der Waals surface area contributed by atoms with E-state index in [-0.39, 0.29) is 5.41 Å². The van der Waals surface area contributed by atoms with Gasteiger partial charge < -0.3 is 10.0 Å². The zero-order chi connectivity index (χ0) is 15.1. The summed E-state index contributed by atoms with van der Waals surface area (Å²) in [5.74, 6) is -0.266. The maximum absolute atomic E-state index is 11.1. The Bertz CT molecular complexity index is 642. The molecule has 0 amide bonds. The van der Waals surface area contributed by atoms with E-state index in [9.17, 15) is 4.79 Å². The molecule has 1 atom stereocenters. The maximum atomic E-state index is 11.1. The third-order valence-electron chi connectivity index (χ3n) is 3.41. The molecule has 0 bridgehead atoms. The minimum absolute atomic E-state index is 0.0692. The summed E-state index contributed by atoms with van der Waals surface area (Å²) in [7, 11) is 1.73. The molecule has 1 unspecified atom stereocenters. The highest BCUT2D eigenvalue weighted by molar-refractivity contribution is 5.80.